The van der Waals surface area contributed by atoms with Crippen molar-refractivity contribution in [1.29, 1.82) is 0 Å². The molecule has 0 aliphatic heterocycles. The van der Waals surface area contributed by atoms with Crippen LogP contribution in [0.5, 0.6) is 5.75 Å². The van der Waals surface area contributed by atoms with Crippen molar-refractivity contribution in [3.63, 3.8) is 0 Å². The van der Waals surface area contributed by atoms with Gasteiger partial charge in [-0.15, -0.1) is 0 Å². The molecule has 4 nitrogen and oxygen atoms in total. The average Bonchev–Trinajstić information content (AvgIpc) is 2.62. The summed E-state index contributed by atoms with van der Waals surface area (Å²) in [5.74, 6) is 0.740. The standard InChI is InChI=1S/C14H17ClN2O2/c1-9-13(14(15)17(3)16-9)8-19-12-6-4-11(5-7-12)10(2)18/h4-7,10,18H,8H2,1-3H3/t10-/m1/s1. The van der Waals surface area contributed by atoms with Gasteiger partial charge in [-0.2, -0.15) is 5.10 Å². The lowest BCUT2D eigenvalue weighted by Gasteiger charge is -2.08. The van der Waals surface area contributed by atoms with Gasteiger partial charge < -0.3 is 9.84 Å². The second-order valence-corrected chi connectivity index (χ2v) is 4.87. The largest absolute Gasteiger partial charge is 0.489 e. The monoisotopic (exact) mass is 280 g/mol. The maximum Gasteiger partial charge on any atom is 0.133 e. The van der Waals surface area contributed by atoms with Gasteiger partial charge in [-0.3, -0.25) is 4.68 Å². The predicted octanol–water partition coefficient (Wildman–Crippen LogP) is 3.01. The topological polar surface area (TPSA) is 47.3 Å². The van der Waals surface area contributed by atoms with Gasteiger partial charge in [-0.05, 0) is 31.5 Å². The van der Waals surface area contributed by atoms with Crippen molar-refractivity contribution < 1.29 is 9.84 Å². The summed E-state index contributed by atoms with van der Waals surface area (Å²) >= 11 is 6.13. The minimum atomic E-state index is -0.468. The number of nitrogens with zero attached hydrogens (tertiary/aromatic N) is 2. The number of aromatic nitrogens is 2. The minimum absolute atomic E-state index is 0.381. The van der Waals surface area contributed by atoms with Crippen LogP contribution in [0, 0.1) is 6.92 Å². The Balaban J connectivity index is 2.06. The number of rotatable bonds is 4. The van der Waals surface area contributed by atoms with Crippen LogP contribution >= 0.6 is 11.6 Å². The third-order valence-electron chi connectivity index (χ3n) is 3.02. The summed E-state index contributed by atoms with van der Waals surface area (Å²) in [6.07, 6.45) is -0.468. The van der Waals surface area contributed by atoms with Crippen molar-refractivity contribution >= 4 is 11.6 Å². The van der Waals surface area contributed by atoms with Crippen LogP contribution in [0.15, 0.2) is 24.3 Å². The number of aliphatic hydroxyl groups excluding tert-OH is 1. The Morgan fingerprint density at radius 1 is 1.37 bits per heavy atom. The van der Waals surface area contributed by atoms with Gasteiger partial charge in [0.1, 0.15) is 17.5 Å². The number of hydrogen-bond donors (Lipinski definition) is 1. The van der Waals surface area contributed by atoms with E-state index in [-0.39, 0.29) is 0 Å². The number of ether oxygens (including phenoxy) is 1. The highest BCUT2D eigenvalue weighted by atomic mass is 35.5. The highest BCUT2D eigenvalue weighted by Gasteiger charge is 2.11. The quantitative estimate of drug-likeness (QED) is 0.936. The van der Waals surface area contributed by atoms with E-state index in [1.807, 2.05) is 31.2 Å². The number of benzene rings is 1. The molecule has 19 heavy (non-hydrogen) atoms. The van der Waals surface area contributed by atoms with Crippen molar-refractivity contribution in [2.75, 3.05) is 0 Å². The van der Waals surface area contributed by atoms with Gasteiger partial charge in [0.05, 0.1) is 11.8 Å². The number of aliphatic hydroxyl groups is 1. The highest BCUT2D eigenvalue weighted by molar-refractivity contribution is 6.30. The van der Waals surface area contributed by atoms with Crippen molar-refractivity contribution in [3.8, 4) is 5.75 Å². The van der Waals surface area contributed by atoms with Crippen LogP contribution in [0.1, 0.15) is 29.8 Å². The maximum atomic E-state index is 9.43. The second-order valence-electron chi connectivity index (χ2n) is 4.51. The summed E-state index contributed by atoms with van der Waals surface area (Å²) in [5.41, 5.74) is 2.62. The van der Waals surface area contributed by atoms with E-state index in [9.17, 15) is 5.11 Å². The summed E-state index contributed by atoms with van der Waals surface area (Å²) in [5, 5.41) is 14.3. The van der Waals surface area contributed by atoms with Gasteiger partial charge in [-0.25, -0.2) is 0 Å². The van der Waals surface area contributed by atoms with Gasteiger partial charge in [0.2, 0.25) is 0 Å². The Kier molecular flexibility index (Phi) is 4.12. The molecule has 1 heterocycles. The molecule has 2 aromatic rings. The molecule has 1 aromatic heterocycles. The van der Waals surface area contributed by atoms with E-state index in [1.54, 1.807) is 18.7 Å². The van der Waals surface area contributed by atoms with Crippen LogP contribution in [0.4, 0.5) is 0 Å². The van der Waals surface area contributed by atoms with Crippen LogP contribution in [0.2, 0.25) is 5.15 Å². The van der Waals surface area contributed by atoms with Gasteiger partial charge in [0.15, 0.2) is 0 Å². The van der Waals surface area contributed by atoms with Gasteiger partial charge >= 0.3 is 0 Å². The molecular formula is C14H17ClN2O2. The summed E-state index contributed by atoms with van der Waals surface area (Å²) in [7, 11) is 1.80. The Hall–Kier alpha value is -1.52. The van der Waals surface area contributed by atoms with Crippen molar-refractivity contribution in [2.45, 2.75) is 26.6 Å². The molecule has 0 fully saturated rings. The summed E-state index contributed by atoms with van der Waals surface area (Å²) in [6.45, 7) is 4.02. The zero-order chi connectivity index (χ0) is 14.0. The molecule has 0 saturated carbocycles. The zero-order valence-electron chi connectivity index (χ0n) is 11.2. The summed E-state index contributed by atoms with van der Waals surface area (Å²) < 4.78 is 7.31. The van der Waals surface area contributed by atoms with E-state index in [0.29, 0.717) is 11.8 Å². The average molecular weight is 281 g/mol. The lowest BCUT2D eigenvalue weighted by Crippen LogP contribution is -1.98. The first kappa shape index (κ1) is 13.9. The Bertz CT molecular complexity index is 562. The fraction of sp³-hybridized carbons (Fsp3) is 0.357. The first-order chi connectivity index (χ1) is 8.99. The second kappa shape index (κ2) is 5.63. The molecule has 0 unspecified atom stereocenters. The molecule has 0 aliphatic rings. The van der Waals surface area contributed by atoms with Gasteiger partial charge in [0.25, 0.3) is 0 Å². The smallest absolute Gasteiger partial charge is 0.133 e. The fourth-order valence-electron chi connectivity index (χ4n) is 1.84. The molecule has 1 N–H and O–H groups in total. The molecule has 0 radical (unpaired) electrons. The minimum Gasteiger partial charge on any atom is -0.489 e. The molecule has 1 aromatic carbocycles. The summed E-state index contributed by atoms with van der Waals surface area (Å²) in [4.78, 5) is 0. The third kappa shape index (κ3) is 3.08. The van der Waals surface area contributed by atoms with Crippen molar-refractivity contribution in [3.05, 3.63) is 46.2 Å². The molecule has 0 bridgehead atoms. The number of hydrogen-bond acceptors (Lipinski definition) is 3. The van der Waals surface area contributed by atoms with E-state index in [1.165, 1.54) is 0 Å². The van der Waals surface area contributed by atoms with E-state index < -0.39 is 6.10 Å². The normalized spacial score (nSPS) is 12.5. The van der Waals surface area contributed by atoms with Crippen LogP contribution in [-0.4, -0.2) is 14.9 Å². The van der Waals surface area contributed by atoms with Crippen LogP contribution in [-0.2, 0) is 13.7 Å². The van der Waals surface area contributed by atoms with E-state index >= 15 is 0 Å². The molecular weight excluding hydrogens is 264 g/mol. The van der Waals surface area contributed by atoms with Crippen LogP contribution < -0.4 is 4.74 Å². The zero-order valence-corrected chi connectivity index (χ0v) is 12.0. The van der Waals surface area contributed by atoms with Crippen LogP contribution in [0.3, 0.4) is 0 Å². The van der Waals surface area contributed by atoms with Crippen molar-refractivity contribution in [2.24, 2.45) is 7.05 Å². The Morgan fingerprint density at radius 2 is 2.00 bits per heavy atom. The SMILES string of the molecule is Cc1nn(C)c(Cl)c1COc1ccc([C@@H](C)O)cc1. The van der Waals surface area contributed by atoms with Gasteiger partial charge in [-0.1, -0.05) is 23.7 Å². The number of halogens is 1. The highest BCUT2D eigenvalue weighted by Crippen LogP contribution is 2.22. The van der Waals surface area contributed by atoms with Crippen molar-refractivity contribution in [1.82, 2.24) is 9.78 Å². The summed E-state index contributed by atoms with van der Waals surface area (Å²) in [6, 6.07) is 7.36. The van der Waals surface area contributed by atoms with Crippen LogP contribution in [0.25, 0.3) is 0 Å². The first-order valence-corrected chi connectivity index (χ1v) is 6.45. The molecule has 0 aliphatic carbocycles. The molecule has 0 saturated heterocycles. The predicted molar refractivity (Wildman–Crippen MR) is 74.4 cm³/mol. The molecule has 0 amide bonds. The first-order valence-electron chi connectivity index (χ1n) is 6.08. The van der Waals surface area contributed by atoms with E-state index in [4.69, 9.17) is 16.3 Å². The third-order valence-corrected chi connectivity index (χ3v) is 3.49. The Morgan fingerprint density at radius 3 is 2.47 bits per heavy atom. The maximum absolute atomic E-state index is 9.43. The fourth-order valence-corrected chi connectivity index (χ4v) is 2.07. The van der Waals surface area contributed by atoms with E-state index in [2.05, 4.69) is 5.10 Å². The lowest BCUT2D eigenvalue weighted by molar-refractivity contribution is 0.199. The lowest BCUT2D eigenvalue weighted by atomic mass is 10.1. The molecule has 1 atom stereocenters. The number of aryl methyl sites for hydroxylation is 2. The molecule has 2 rings (SSSR count). The van der Waals surface area contributed by atoms with Gasteiger partial charge in [0, 0.05) is 12.6 Å². The molecule has 0 spiro atoms. The van der Waals surface area contributed by atoms with E-state index in [0.717, 1.165) is 22.6 Å². The molecule has 5 heteroatoms. The molecule has 102 valence electrons. The Labute approximate surface area is 117 Å².